The minimum Gasteiger partial charge on any atom is -0.508 e. The van der Waals surface area contributed by atoms with Gasteiger partial charge in [0.15, 0.2) is 0 Å². The number of allylic oxidation sites excluding steroid dienone is 3. The molecule has 8 rings (SSSR count). The van der Waals surface area contributed by atoms with E-state index in [0.717, 1.165) is 81.6 Å². The summed E-state index contributed by atoms with van der Waals surface area (Å²) < 4.78 is 6.16. The molecule has 4 nitrogen and oxygen atoms in total. The molecule has 1 atom stereocenters. The van der Waals surface area contributed by atoms with Gasteiger partial charge in [0.1, 0.15) is 11.5 Å². The number of methoxy groups -OCH3 is 1. The summed E-state index contributed by atoms with van der Waals surface area (Å²) in [5.74, 6) is 3.90. The second-order valence-electron chi connectivity index (χ2n) is 20.4. The van der Waals surface area contributed by atoms with Crippen molar-refractivity contribution in [3.63, 3.8) is 0 Å². The number of hydrogen-bond acceptors (Lipinski definition) is 4. The monoisotopic (exact) mass is 873 g/mol. The highest BCUT2D eigenvalue weighted by Crippen LogP contribution is 2.50. The zero-order valence-corrected chi connectivity index (χ0v) is 40.9. The summed E-state index contributed by atoms with van der Waals surface area (Å²) in [7, 11) is 1.86. The van der Waals surface area contributed by atoms with Crippen LogP contribution in [0.25, 0.3) is 16.7 Å². The molecular formula is C61H80N2O2. The highest BCUT2D eigenvalue weighted by molar-refractivity contribution is 5.76. The summed E-state index contributed by atoms with van der Waals surface area (Å²) >= 11 is 0. The molecule has 1 aliphatic heterocycles. The van der Waals surface area contributed by atoms with Gasteiger partial charge >= 0.3 is 0 Å². The van der Waals surface area contributed by atoms with Gasteiger partial charge in [-0.25, -0.2) is 0 Å². The first-order valence-corrected chi connectivity index (χ1v) is 26.1. The lowest BCUT2D eigenvalue weighted by Gasteiger charge is -2.40. The van der Waals surface area contributed by atoms with Gasteiger partial charge in [0.2, 0.25) is 0 Å². The van der Waals surface area contributed by atoms with Crippen molar-refractivity contribution in [3.05, 3.63) is 142 Å². The second-order valence-corrected chi connectivity index (χ2v) is 20.4. The van der Waals surface area contributed by atoms with Gasteiger partial charge in [-0.2, -0.15) is 0 Å². The van der Waals surface area contributed by atoms with Crippen LogP contribution < -0.4 is 9.64 Å². The third-order valence-corrected chi connectivity index (χ3v) is 15.9. The van der Waals surface area contributed by atoms with Crippen LogP contribution in [0.3, 0.4) is 0 Å². The number of ether oxygens (including phenoxy) is 1. The van der Waals surface area contributed by atoms with Crippen molar-refractivity contribution >= 4 is 11.3 Å². The fourth-order valence-electron chi connectivity index (χ4n) is 11.0. The lowest BCUT2D eigenvalue weighted by atomic mass is 9.70. The Morgan fingerprint density at radius 3 is 2.12 bits per heavy atom. The first kappa shape index (κ1) is 47.0. The van der Waals surface area contributed by atoms with Crippen molar-refractivity contribution in [1.29, 1.82) is 0 Å². The SMILES string of the molecule is C=C(/C=C(\C=C/C(C)CC)CN1CCC(N(Cc2ccccc2-c2cc(O)c(C3CCC3)c(CCC)c2)c2ccc(CCCC)cc2)CC1)c1cc(OC)c(C2CCC2)c(C2CCC2)c1. The van der Waals surface area contributed by atoms with E-state index in [-0.39, 0.29) is 0 Å². The van der Waals surface area contributed by atoms with Crippen LogP contribution in [-0.2, 0) is 19.4 Å². The molecule has 0 radical (unpaired) electrons. The lowest BCUT2D eigenvalue weighted by molar-refractivity contribution is 0.224. The summed E-state index contributed by atoms with van der Waals surface area (Å²) in [5, 5.41) is 11.6. The van der Waals surface area contributed by atoms with E-state index in [1.165, 1.54) is 126 Å². The average molecular weight is 873 g/mol. The number of hydrogen-bond donors (Lipinski definition) is 1. The Morgan fingerprint density at radius 1 is 0.800 bits per heavy atom. The van der Waals surface area contributed by atoms with Gasteiger partial charge in [0.05, 0.1) is 7.11 Å². The number of piperidine rings is 1. The van der Waals surface area contributed by atoms with E-state index in [9.17, 15) is 5.11 Å². The van der Waals surface area contributed by atoms with Crippen LogP contribution in [0.1, 0.15) is 181 Å². The number of likely N-dealkylation sites (tertiary alicyclic amines) is 1. The Hall–Kier alpha value is -4.54. The number of anilines is 1. The number of rotatable bonds is 21. The minimum absolute atomic E-state index is 0.412. The summed E-state index contributed by atoms with van der Waals surface area (Å²) in [5.41, 5.74) is 15.6. The van der Waals surface area contributed by atoms with E-state index in [2.05, 4.69) is 129 Å². The Morgan fingerprint density at radius 2 is 1.49 bits per heavy atom. The van der Waals surface area contributed by atoms with Gasteiger partial charge in [-0.1, -0.05) is 140 Å². The van der Waals surface area contributed by atoms with Gasteiger partial charge in [-0.15, -0.1) is 0 Å². The summed E-state index contributed by atoms with van der Waals surface area (Å²) in [6.45, 7) is 17.7. The molecule has 346 valence electrons. The smallest absolute Gasteiger partial charge is 0.123 e. The summed E-state index contributed by atoms with van der Waals surface area (Å²) in [6, 6.07) is 28.1. The van der Waals surface area contributed by atoms with Gasteiger partial charge in [-0.3, -0.25) is 4.90 Å². The van der Waals surface area contributed by atoms with Crippen molar-refractivity contribution in [1.82, 2.24) is 4.90 Å². The van der Waals surface area contributed by atoms with E-state index >= 15 is 0 Å². The molecule has 4 heteroatoms. The highest BCUT2D eigenvalue weighted by atomic mass is 16.5. The highest BCUT2D eigenvalue weighted by Gasteiger charge is 2.32. The standard InChI is InChI=1S/C61H80N2O2/c1-7-10-17-45-28-30-54(31-29-45)63(42-51-18-11-12-25-56(51)53-37-50(16-8-2)60(58(64)39-53)48-21-14-22-48)55-32-34-62(35-33-55)41-46(27-26-43(4)9-3)36-44(5)52-38-57(47-19-13-20-47)61(49-23-15-24-49)59(40-52)65-6/h11-12,18,25-31,36-40,43,47-49,55,64H,5,7-10,13-17,19-24,32-35,41-42H2,1-4,6H3/b27-26-,46-36+. The number of nitrogens with zero attached hydrogens (tertiary/aromatic N) is 2. The van der Waals surface area contributed by atoms with Crippen LogP contribution in [0.4, 0.5) is 5.69 Å². The molecule has 3 saturated carbocycles. The predicted molar refractivity (Wildman–Crippen MR) is 277 cm³/mol. The maximum Gasteiger partial charge on any atom is 0.123 e. The van der Waals surface area contributed by atoms with Gasteiger partial charge in [0, 0.05) is 49.0 Å². The molecule has 4 aromatic rings. The van der Waals surface area contributed by atoms with Crippen molar-refractivity contribution in [3.8, 4) is 22.6 Å². The topological polar surface area (TPSA) is 35.9 Å². The van der Waals surface area contributed by atoms with Gasteiger partial charge in [0.25, 0.3) is 0 Å². The maximum absolute atomic E-state index is 11.6. The molecule has 1 saturated heterocycles. The minimum atomic E-state index is 0.412. The molecule has 4 aliphatic rings. The van der Waals surface area contributed by atoms with E-state index in [4.69, 9.17) is 11.3 Å². The molecule has 4 fully saturated rings. The predicted octanol–water partition coefficient (Wildman–Crippen LogP) is 15.9. The summed E-state index contributed by atoms with van der Waals surface area (Å²) in [4.78, 5) is 5.38. The largest absolute Gasteiger partial charge is 0.508 e. The molecule has 0 bridgehead atoms. The van der Waals surface area contributed by atoms with Crippen LogP contribution in [0.2, 0.25) is 0 Å². The van der Waals surface area contributed by atoms with E-state index in [1.54, 1.807) is 0 Å². The van der Waals surface area contributed by atoms with E-state index in [1.807, 2.05) is 7.11 Å². The third kappa shape index (κ3) is 11.2. The van der Waals surface area contributed by atoms with Gasteiger partial charge in [-0.05, 0) is 169 Å². The van der Waals surface area contributed by atoms with Crippen LogP contribution in [-0.4, -0.2) is 42.8 Å². The number of unbranched alkanes of at least 4 members (excludes halogenated alkanes) is 1. The average Bonchev–Trinajstić information content (AvgIpc) is 3.27. The van der Waals surface area contributed by atoms with Gasteiger partial charge < -0.3 is 14.7 Å². The molecular weight excluding hydrogens is 793 g/mol. The molecule has 3 aliphatic carbocycles. The van der Waals surface area contributed by atoms with E-state index < -0.39 is 0 Å². The van der Waals surface area contributed by atoms with Crippen LogP contribution >= 0.6 is 0 Å². The number of phenols is 1. The number of benzene rings is 4. The van der Waals surface area contributed by atoms with Crippen molar-refractivity contribution in [2.24, 2.45) is 5.92 Å². The normalized spacial score (nSPS) is 18.3. The third-order valence-electron chi connectivity index (χ3n) is 15.9. The Bertz CT molecular complexity index is 2260. The molecule has 0 amide bonds. The number of aromatic hydroxyl groups is 1. The van der Waals surface area contributed by atoms with Crippen LogP contribution in [0.15, 0.2) is 103 Å². The zero-order chi connectivity index (χ0) is 45.3. The first-order chi connectivity index (χ1) is 31.8. The Kier molecular flexibility index (Phi) is 16.1. The van der Waals surface area contributed by atoms with Crippen LogP contribution in [0.5, 0.6) is 11.5 Å². The van der Waals surface area contributed by atoms with Crippen molar-refractivity contribution in [2.75, 3.05) is 31.6 Å². The number of phenolic OH excluding ortho intramolecular Hbond substituents is 1. The molecule has 1 N–H and O–H groups in total. The molecule has 0 spiro atoms. The molecule has 1 heterocycles. The number of aryl methyl sites for hydroxylation is 2. The summed E-state index contributed by atoms with van der Waals surface area (Å²) in [6.07, 6.45) is 27.6. The molecule has 65 heavy (non-hydrogen) atoms. The molecule has 1 unspecified atom stereocenters. The quantitative estimate of drug-likeness (QED) is 0.0846. The zero-order valence-electron chi connectivity index (χ0n) is 40.9. The van der Waals surface area contributed by atoms with Crippen molar-refractivity contribution in [2.45, 2.75) is 167 Å². The second kappa shape index (κ2) is 22.3. The fourth-order valence-corrected chi connectivity index (χ4v) is 11.0. The van der Waals surface area contributed by atoms with Crippen LogP contribution in [0, 0.1) is 5.92 Å². The Labute approximate surface area is 393 Å². The Balaban J connectivity index is 1.04. The molecule has 0 aromatic heterocycles. The molecule has 4 aromatic carbocycles. The first-order valence-electron chi connectivity index (χ1n) is 26.1. The lowest BCUT2D eigenvalue weighted by Crippen LogP contribution is -2.45. The van der Waals surface area contributed by atoms with E-state index in [0.29, 0.717) is 35.5 Å². The fraction of sp³-hybridized carbons (Fsp3) is 0.508. The van der Waals surface area contributed by atoms with Crippen molar-refractivity contribution < 1.29 is 9.84 Å². The maximum atomic E-state index is 11.6.